The quantitative estimate of drug-likeness (QED) is 0.842. The van der Waals surface area contributed by atoms with E-state index >= 15 is 0 Å². The zero-order chi connectivity index (χ0) is 15.4. The molecule has 0 radical (unpaired) electrons. The molecular weight excluding hydrogens is 277 g/mol. The maximum absolute atomic E-state index is 13.9. The van der Waals surface area contributed by atoms with E-state index in [2.05, 4.69) is 5.10 Å². The number of aromatic nitrogens is 2. The minimum absolute atomic E-state index is 0.104. The maximum atomic E-state index is 13.9. The third-order valence-electron chi connectivity index (χ3n) is 4.46. The molecule has 1 saturated carbocycles. The summed E-state index contributed by atoms with van der Waals surface area (Å²) in [7, 11) is 0. The zero-order valence-electron chi connectivity index (χ0n) is 12.6. The topological polar surface area (TPSA) is 41.6 Å². The summed E-state index contributed by atoms with van der Waals surface area (Å²) in [5.41, 5.74) is 2.19. The van der Waals surface area contributed by atoms with Crippen molar-refractivity contribution in [2.24, 2.45) is 5.92 Å². The van der Waals surface area contributed by atoms with Crippen LogP contribution in [-0.2, 0) is 13.0 Å². The van der Waals surface area contributed by atoms with Gasteiger partial charge in [0.1, 0.15) is 5.82 Å². The van der Waals surface area contributed by atoms with E-state index in [4.69, 9.17) is 5.26 Å². The molecule has 1 aromatic heterocycles. The highest BCUT2D eigenvalue weighted by atomic mass is 19.1. The van der Waals surface area contributed by atoms with Crippen molar-refractivity contribution in [3.63, 3.8) is 0 Å². The first-order chi connectivity index (χ1) is 10.8. The van der Waals surface area contributed by atoms with Gasteiger partial charge in [0, 0.05) is 23.9 Å². The summed E-state index contributed by atoms with van der Waals surface area (Å²) in [5.74, 6) is 0.398. The van der Waals surface area contributed by atoms with E-state index < -0.39 is 0 Å². The van der Waals surface area contributed by atoms with Crippen molar-refractivity contribution in [2.45, 2.75) is 45.1 Å². The third-order valence-corrected chi connectivity index (χ3v) is 4.46. The summed E-state index contributed by atoms with van der Waals surface area (Å²) in [6, 6.07) is 7.02. The number of hydrogen-bond donors (Lipinski definition) is 0. The third kappa shape index (κ3) is 3.36. The summed E-state index contributed by atoms with van der Waals surface area (Å²) in [5, 5.41) is 13.1. The first-order valence-electron chi connectivity index (χ1n) is 7.94. The van der Waals surface area contributed by atoms with E-state index in [-0.39, 0.29) is 12.2 Å². The largest absolute Gasteiger partial charge is 0.272 e. The van der Waals surface area contributed by atoms with Crippen molar-refractivity contribution < 1.29 is 4.39 Å². The Morgan fingerprint density at radius 3 is 2.77 bits per heavy atom. The van der Waals surface area contributed by atoms with Gasteiger partial charge >= 0.3 is 0 Å². The highest BCUT2D eigenvalue weighted by Crippen LogP contribution is 2.26. The van der Waals surface area contributed by atoms with Gasteiger partial charge in [-0.15, -0.1) is 0 Å². The summed E-state index contributed by atoms with van der Waals surface area (Å²) in [6.07, 6.45) is 10.5. The van der Waals surface area contributed by atoms with Crippen LogP contribution in [-0.4, -0.2) is 9.78 Å². The second kappa shape index (κ2) is 6.74. The Labute approximate surface area is 130 Å². The van der Waals surface area contributed by atoms with E-state index in [1.54, 1.807) is 12.3 Å². The number of nitriles is 1. The predicted octanol–water partition coefficient (Wildman–Crippen LogP) is 4.34. The van der Waals surface area contributed by atoms with Crippen LogP contribution in [0.15, 0.2) is 30.6 Å². The smallest absolute Gasteiger partial charge is 0.128 e. The lowest BCUT2D eigenvalue weighted by Gasteiger charge is -2.21. The lowest BCUT2D eigenvalue weighted by molar-refractivity contribution is 0.308. The summed E-state index contributed by atoms with van der Waals surface area (Å²) in [6.45, 7) is 0.953. The Morgan fingerprint density at radius 2 is 2.05 bits per heavy atom. The molecule has 4 heteroatoms. The van der Waals surface area contributed by atoms with E-state index in [1.807, 2.05) is 23.0 Å². The average molecular weight is 297 g/mol. The van der Waals surface area contributed by atoms with Crippen LogP contribution in [0.5, 0.6) is 0 Å². The number of halogens is 1. The minimum Gasteiger partial charge on any atom is -0.272 e. The molecule has 114 valence electrons. The Balaban J connectivity index is 1.73. The Hall–Kier alpha value is -2.15. The van der Waals surface area contributed by atoms with Crippen LogP contribution >= 0.6 is 0 Å². The molecule has 3 nitrogen and oxygen atoms in total. The van der Waals surface area contributed by atoms with Gasteiger partial charge in [0.2, 0.25) is 0 Å². The van der Waals surface area contributed by atoms with Gasteiger partial charge in [0.05, 0.1) is 18.7 Å². The van der Waals surface area contributed by atoms with Gasteiger partial charge in [0.15, 0.2) is 0 Å². The van der Waals surface area contributed by atoms with Crippen LogP contribution in [0.3, 0.4) is 0 Å². The molecule has 0 saturated heterocycles. The van der Waals surface area contributed by atoms with E-state index in [0.717, 1.165) is 23.6 Å². The van der Waals surface area contributed by atoms with E-state index in [0.29, 0.717) is 5.56 Å². The summed E-state index contributed by atoms with van der Waals surface area (Å²) >= 11 is 0. The Kier molecular flexibility index (Phi) is 4.53. The second-order valence-corrected chi connectivity index (χ2v) is 6.10. The predicted molar refractivity (Wildman–Crippen MR) is 83.5 cm³/mol. The van der Waals surface area contributed by atoms with E-state index in [9.17, 15) is 4.39 Å². The minimum atomic E-state index is -0.320. The van der Waals surface area contributed by atoms with Gasteiger partial charge in [-0.3, -0.25) is 4.68 Å². The molecule has 2 aromatic rings. The average Bonchev–Trinajstić information content (AvgIpc) is 2.99. The molecule has 0 unspecified atom stereocenters. The lowest BCUT2D eigenvalue weighted by atomic mass is 9.89. The van der Waals surface area contributed by atoms with Crippen LogP contribution < -0.4 is 0 Å². The van der Waals surface area contributed by atoms with Crippen LogP contribution in [0.25, 0.3) is 11.1 Å². The van der Waals surface area contributed by atoms with Gasteiger partial charge in [-0.1, -0.05) is 31.4 Å². The monoisotopic (exact) mass is 297 g/mol. The van der Waals surface area contributed by atoms with Crippen molar-refractivity contribution in [2.75, 3.05) is 0 Å². The fraction of sp³-hybridized carbons (Fsp3) is 0.444. The molecule has 0 spiro atoms. The number of benzene rings is 1. The Bertz CT molecular complexity index is 678. The second-order valence-electron chi connectivity index (χ2n) is 6.10. The maximum Gasteiger partial charge on any atom is 0.128 e. The highest BCUT2D eigenvalue weighted by Gasteiger charge is 2.15. The molecule has 0 atom stereocenters. The zero-order valence-corrected chi connectivity index (χ0v) is 12.6. The standard InChI is InChI=1S/C18H20FN3/c19-18-10-16(7-6-15(18)8-9-20)17-11-21-22(13-17)12-14-4-2-1-3-5-14/h6-7,10-11,13-14H,1-5,8,12H2. The van der Waals surface area contributed by atoms with Crippen LogP contribution in [0.4, 0.5) is 4.39 Å². The van der Waals surface area contributed by atoms with Gasteiger partial charge < -0.3 is 0 Å². The first-order valence-corrected chi connectivity index (χ1v) is 7.94. The molecule has 1 aliphatic rings. The number of nitrogens with zero attached hydrogens (tertiary/aromatic N) is 3. The molecule has 1 fully saturated rings. The SMILES string of the molecule is N#CCc1ccc(-c2cnn(CC3CCCCC3)c2)cc1F. The molecule has 1 aliphatic carbocycles. The lowest BCUT2D eigenvalue weighted by Crippen LogP contribution is -2.14. The fourth-order valence-corrected chi connectivity index (χ4v) is 3.20. The van der Waals surface area contributed by atoms with Crippen LogP contribution in [0, 0.1) is 23.1 Å². The molecule has 0 bridgehead atoms. The molecule has 0 aliphatic heterocycles. The molecule has 1 heterocycles. The molecule has 0 N–H and O–H groups in total. The van der Waals surface area contributed by atoms with Crippen LogP contribution in [0.2, 0.25) is 0 Å². The number of rotatable bonds is 4. The van der Waals surface area contributed by atoms with E-state index in [1.165, 1.54) is 38.2 Å². The van der Waals surface area contributed by atoms with Crippen molar-refractivity contribution >= 4 is 0 Å². The Morgan fingerprint density at radius 1 is 1.23 bits per heavy atom. The highest BCUT2D eigenvalue weighted by molar-refractivity contribution is 5.62. The van der Waals surface area contributed by atoms with Gasteiger partial charge in [-0.05, 0) is 30.4 Å². The first kappa shape index (κ1) is 14.8. The normalized spacial score (nSPS) is 15.6. The fourth-order valence-electron chi connectivity index (χ4n) is 3.20. The summed E-state index contributed by atoms with van der Waals surface area (Å²) in [4.78, 5) is 0. The molecule has 3 rings (SSSR count). The van der Waals surface area contributed by atoms with Gasteiger partial charge in [-0.25, -0.2) is 4.39 Å². The molecule has 1 aromatic carbocycles. The van der Waals surface area contributed by atoms with Crippen molar-refractivity contribution in [1.82, 2.24) is 9.78 Å². The molecular formula is C18H20FN3. The molecule has 0 amide bonds. The van der Waals surface area contributed by atoms with Crippen LogP contribution in [0.1, 0.15) is 37.7 Å². The van der Waals surface area contributed by atoms with Gasteiger partial charge in [0.25, 0.3) is 0 Å². The number of hydrogen-bond acceptors (Lipinski definition) is 2. The van der Waals surface area contributed by atoms with Crippen molar-refractivity contribution in [3.05, 3.63) is 42.0 Å². The van der Waals surface area contributed by atoms with Crippen molar-refractivity contribution in [3.8, 4) is 17.2 Å². The summed E-state index contributed by atoms with van der Waals surface area (Å²) < 4.78 is 15.9. The van der Waals surface area contributed by atoms with Gasteiger partial charge in [-0.2, -0.15) is 10.4 Å². The van der Waals surface area contributed by atoms with Crippen molar-refractivity contribution in [1.29, 1.82) is 5.26 Å². The molecule has 22 heavy (non-hydrogen) atoms.